The third-order valence-corrected chi connectivity index (χ3v) is 6.78. The van der Waals surface area contributed by atoms with Crippen LogP contribution in [0.1, 0.15) is 6.92 Å². The fourth-order valence-corrected chi connectivity index (χ4v) is 5.74. The molecule has 1 heterocycles. The molecule has 1 rings (SSSR count). The molecule has 0 saturated carbocycles. The molecule has 8 nitrogen and oxygen atoms in total. The maximum atomic E-state index is 10.5. The first kappa shape index (κ1) is 18.1. The zero-order chi connectivity index (χ0) is 15.5. The lowest BCUT2D eigenvalue weighted by Crippen LogP contribution is -2.42. The Balaban J connectivity index is 2.66. The van der Waals surface area contributed by atoms with Crippen LogP contribution in [0.4, 0.5) is 0 Å². The molecule has 4 N–H and O–H groups in total. The van der Waals surface area contributed by atoms with Crippen LogP contribution in [0.5, 0.6) is 0 Å². The van der Waals surface area contributed by atoms with E-state index in [0.29, 0.717) is 5.75 Å². The molecule has 0 spiro atoms. The summed E-state index contributed by atoms with van der Waals surface area (Å²) in [6.45, 7) is 0.752. The monoisotopic (exact) mass is 332 g/mol. The van der Waals surface area contributed by atoms with Crippen LogP contribution in [0.15, 0.2) is 0 Å². The lowest BCUT2D eigenvalue weighted by atomic mass is 10.1. The van der Waals surface area contributed by atoms with Crippen molar-refractivity contribution in [2.24, 2.45) is 5.92 Å². The van der Waals surface area contributed by atoms with Crippen LogP contribution in [0.25, 0.3) is 0 Å². The zero-order valence-corrected chi connectivity index (χ0v) is 12.6. The molecule has 6 atom stereocenters. The molecule has 0 amide bonds. The molecule has 0 aliphatic carbocycles. The highest BCUT2D eigenvalue weighted by Gasteiger charge is 2.49. The van der Waals surface area contributed by atoms with Crippen molar-refractivity contribution in [1.29, 1.82) is 0 Å². The Morgan fingerprint density at radius 2 is 2.05 bits per heavy atom. The van der Waals surface area contributed by atoms with Crippen LogP contribution < -0.4 is 0 Å². The standard InChI is InChI=1S/C10H20O8S2/c1-6-4-19(9(3-12)10(6)14)5-7(13)8(2-11)18-20(15,16)17/h6-14H,2-5H2,1H3/t6-,7?,8+,9-,10+,19?/m1/s1. The summed E-state index contributed by atoms with van der Waals surface area (Å²) in [5.41, 5.74) is 0. The fourth-order valence-electron chi connectivity index (χ4n) is 2.22. The molecule has 2 unspecified atom stereocenters. The highest BCUT2D eigenvalue weighted by molar-refractivity contribution is 7.97. The minimum atomic E-state index is -5.02. The average Bonchev–Trinajstić information content (AvgIpc) is 2.60. The van der Waals surface area contributed by atoms with E-state index in [1.165, 1.54) is 0 Å². The van der Waals surface area contributed by atoms with E-state index < -0.39 is 51.5 Å². The van der Waals surface area contributed by atoms with Crippen LogP contribution >= 0.6 is 0 Å². The molecule has 1 aliphatic rings. The summed E-state index contributed by atoms with van der Waals surface area (Å²) in [4.78, 5) is 0. The van der Waals surface area contributed by atoms with Gasteiger partial charge in [0.15, 0.2) is 5.25 Å². The minimum absolute atomic E-state index is 0.0422. The first-order chi connectivity index (χ1) is 9.19. The van der Waals surface area contributed by atoms with Crippen molar-refractivity contribution in [2.75, 3.05) is 24.7 Å². The highest BCUT2D eigenvalue weighted by atomic mass is 32.3. The van der Waals surface area contributed by atoms with Crippen LogP contribution in [0.3, 0.4) is 0 Å². The molecule has 1 aliphatic heterocycles. The van der Waals surface area contributed by atoms with Crippen molar-refractivity contribution in [3.8, 4) is 0 Å². The van der Waals surface area contributed by atoms with E-state index in [9.17, 15) is 28.3 Å². The maximum Gasteiger partial charge on any atom is 0.218 e. The fraction of sp³-hybridized carbons (Fsp3) is 1.00. The summed E-state index contributed by atoms with van der Waals surface area (Å²) in [5, 5.41) is 37.6. The SMILES string of the molecule is C[C@@H]1C[S+](CC(O)[C@H](CO)OS(=O)(=O)[O-])[C@H](CO)[C@H]1O. The van der Waals surface area contributed by atoms with Crippen LogP contribution in [-0.4, -0.2) is 81.7 Å². The molecule has 0 bridgehead atoms. The van der Waals surface area contributed by atoms with E-state index in [2.05, 4.69) is 4.18 Å². The van der Waals surface area contributed by atoms with Gasteiger partial charge < -0.3 is 25.0 Å². The number of hydrogen-bond donors (Lipinski definition) is 4. The second-order valence-corrected chi connectivity index (χ2v) is 8.21. The van der Waals surface area contributed by atoms with Crippen molar-refractivity contribution in [1.82, 2.24) is 0 Å². The van der Waals surface area contributed by atoms with Gasteiger partial charge in [-0.2, -0.15) is 0 Å². The maximum absolute atomic E-state index is 10.5. The van der Waals surface area contributed by atoms with Gasteiger partial charge in [0.2, 0.25) is 10.4 Å². The Bertz CT molecular complexity index is 400. The molecule has 0 radical (unpaired) electrons. The lowest BCUT2D eigenvalue weighted by molar-refractivity contribution is 0.0105. The Morgan fingerprint density at radius 1 is 1.45 bits per heavy atom. The predicted molar refractivity (Wildman–Crippen MR) is 70.8 cm³/mol. The zero-order valence-electron chi connectivity index (χ0n) is 11.0. The van der Waals surface area contributed by atoms with Gasteiger partial charge in [0.1, 0.15) is 29.8 Å². The first-order valence-corrected chi connectivity index (χ1v) is 9.03. The van der Waals surface area contributed by atoms with Gasteiger partial charge in [0.25, 0.3) is 0 Å². The van der Waals surface area contributed by atoms with E-state index in [0.717, 1.165) is 0 Å². The molecule has 120 valence electrons. The average molecular weight is 332 g/mol. The topological polar surface area (TPSA) is 147 Å². The predicted octanol–water partition coefficient (Wildman–Crippen LogP) is -2.83. The smallest absolute Gasteiger partial charge is 0.218 e. The van der Waals surface area contributed by atoms with Gasteiger partial charge in [-0.25, -0.2) is 8.42 Å². The molecule has 20 heavy (non-hydrogen) atoms. The molecule has 0 aromatic rings. The van der Waals surface area contributed by atoms with Crippen molar-refractivity contribution in [2.45, 2.75) is 30.5 Å². The van der Waals surface area contributed by atoms with E-state index >= 15 is 0 Å². The number of aliphatic hydroxyl groups excluding tert-OH is 4. The van der Waals surface area contributed by atoms with Gasteiger partial charge in [0.05, 0.1) is 13.2 Å². The minimum Gasteiger partial charge on any atom is -0.726 e. The lowest BCUT2D eigenvalue weighted by Gasteiger charge is -2.22. The Kier molecular flexibility index (Phi) is 6.67. The first-order valence-electron chi connectivity index (χ1n) is 6.07. The van der Waals surface area contributed by atoms with E-state index in [-0.39, 0.29) is 18.3 Å². The summed E-state index contributed by atoms with van der Waals surface area (Å²) in [7, 11) is -5.56. The number of rotatable bonds is 7. The van der Waals surface area contributed by atoms with Crippen LogP contribution in [0, 0.1) is 5.92 Å². The molecule has 10 heteroatoms. The second kappa shape index (κ2) is 7.36. The Labute approximate surface area is 120 Å². The van der Waals surface area contributed by atoms with Crippen molar-refractivity contribution in [3.63, 3.8) is 0 Å². The summed E-state index contributed by atoms with van der Waals surface area (Å²) in [6.07, 6.45) is -3.58. The van der Waals surface area contributed by atoms with Crippen molar-refractivity contribution in [3.05, 3.63) is 0 Å². The highest BCUT2D eigenvalue weighted by Crippen LogP contribution is 2.29. The molecular weight excluding hydrogens is 312 g/mol. The van der Waals surface area contributed by atoms with Gasteiger partial charge in [-0.05, 0) is 10.9 Å². The second-order valence-electron chi connectivity index (χ2n) is 4.85. The molecule has 1 fully saturated rings. The normalized spacial score (nSPS) is 34.1. The molecule has 1 saturated heterocycles. The quantitative estimate of drug-likeness (QED) is 0.222. The third-order valence-electron chi connectivity index (χ3n) is 3.28. The van der Waals surface area contributed by atoms with Crippen LogP contribution in [0.2, 0.25) is 0 Å². The van der Waals surface area contributed by atoms with Gasteiger partial charge >= 0.3 is 0 Å². The summed E-state index contributed by atoms with van der Waals surface area (Å²) in [5.74, 6) is 0.582. The summed E-state index contributed by atoms with van der Waals surface area (Å²) in [6, 6.07) is 0. The molecule has 0 aromatic heterocycles. The van der Waals surface area contributed by atoms with Crippen molar-refractivity contribution < 1.29 is 37.6 Å². The van der Waals surface area contributed by atoms with Crippen molar-refractivity contribution >= 4 is 21.3 Å². The van der Waals surface area contributed by atoms with Crippen LogP contribution in [-0.2, 0) is 25.5 Å². The number of hydrogen-bond acceptors (Lipinski definition) is 8. The van der Waals surface area contributed by atoms with Gasteiger partial charge in [0, 0.05) is 5.92 Å². The Hall–Kier alpha value is 0.0600. The Morgan fingerprint density at radius 3 is 2.50 bits per heavy atom. The van der Waals surface area contributed by atoms with E-state index in [1.54, 1.807) is 0 Å². The van der Waals surface area contributed by atoms with Gasteiger partial charge in [-0.3, -0.25) is 4.18 Å². The third kappa shape index (κ3) is 4.81. The van der Waals surface area contributed by atoms with Gasteiger partial charge in [-0.15, -0.1) is 0 Å². The number of aliphatic hydroxyl groups is 4. The van der Waals surface area contributed by atoms with E-state index in [1.807, 2.05) is 6.92 Å². The summed E-state index contributed by atoms with van der Waals surface area (Å²) < 4.78 is 35.5. The molecular formula is C10H20O8S2. The van der Waals surface area contributed by atoms with E-state index in [4.69, 9.17) is 5.11 Å². The van der Waals surface area contributed by atoms with Gasteiger partial charge in [-0.1, -0.05) is 6.92 Å². The molecule has 0 aromatic carbocycles. The summed E-state index contributed by atoms with van der Waals surface area (Å²) >= 11 is 0. The largest absolute Gasteiger partial charge is 0.726 e.